The third-order valence-electron chi connectivity index (χ3n) is 5.70. The van der Waals surface area contributed by atoms with Gasteiger partial charge in [-0.25, -0.2) is 4.79 Å². The van der Waals surface area contributed by atoms with Crippen LogP contribution in [0.5, 0.6) is 11.5 Å². The van der Waals surface area contributed by atoms with Gasteiger partial charge in [0.1, 0.15) is 11.5 Å². The highest BCUT2D eigenvalue weighted by molar-refractivity contribution is 7.85. The molecule has 0 saturated heterocycles. The third-order valence-corrected chi connectivity index (χ3v) is 6.55. The van der Waals surface area contributed by atoms with Crippen molar-refractivity contribution >= 4 is 26.9 Å². The summed E-state index contributed by atoms with van der Waals surface area (Å²) in [5.74, 6) is 1.38. The van der Waals surface area contributed by atoms with Gasteiger partial charge in [-0.3, -0.25) is 4.55 Å². The topological polar surface area (TPSA) is 89.9 Å². The molecular formula is C27H32O6S. The predicted octanol–water partition coefficient (Wildman–Crippen LogP) is 6.25. The number of fused-ring (bicyclic) bond motifs is 1. The van der Waals surface area contributed by atoms with Crippen LogP contribution in [0, 0.1) is 11.3 Å². The molecule has 1 atom stereocenters. The van der Waals surface area contributed by atoms with Crippen molar-refractivity contribution in [3.8, 4) is 11.5 Å². The fourth-order valence-corrected chi connectivity index (χ4v) is 4.50. The summed E-state index contributed by atoms with van der Waals surface area (Å²) in [5, 5.41) is 1.27. The number of hydrogen-bond donors (Lipinski definition) is 1. The van der Waals surface area contributed by atoms with Gasteiger partial charge in [-0.15, -0.1) is 0 Å². The van der Waals surface area contributed by atoms with Crippen molar-refractivity contribution in [1.82, 2.24) is 0 Å². The standard InChI is InChI=1S/C27H32O6S/c1-18(2)14-25(27(3,4)5)19-6-10-22(11-7-19)32-17-26(28)33-23-12-8-21-16-24(34(29,30)31)13-9-20(21)15-23/h6-13,15-16,18,25H,14,17H2,1-5H3,(H,29,30,31). The van der Waals surface area contributed by atoms with E-state index in [2.05, 4.69) is 46.8 Å². The van der Waals surface area contributed by atoms with E-state index in [4.69, 9.17) is 9.47 Å². The first-order chi connectivity index (χ1) is 15.8. The van der Waals surface area contributed by atoms with E-state index < -0.39 is 16.1 Å². The molecule has 1 unspecified atom stereocenters. The molecule has 7 heteroatoms. The molecule has 0 saturated carbocycles. The van der Waals surface area contributed by atoms with Gasteiger partial charge in [-0.05, 0) is 76.4 Å². The summed E-state index contributed by atoms with van der Waals surface area (Å²) < 4.78 is 42.7. The molecule has 0 aliphatic heterocycles. The summed E-state index contributed by atoms with van der Waals surface area (Å²) in [6, 6.07) is 16.9. The normalized spacial score (nSPS) is 13.1. The number of carbonyl (C=O) groups excluding carboxylic acids is 1. The van der Waals surface area contributed by atoms with E-state index in [0.717, 1.165) is 6.42 Å². The molecule has 3 aromatic carbocycles. The second-order valence-corrected chi connectivity index (χ2v) is 11.4. The highest BCUT2D eigenvalue weighted by atomic mass is 32.2. The molecule has 0 bridgehead atoms. The second-order valence-electron chi connectivity index (χ2n) is 10.0. The Morgan fingerprint density at radius 2 is 1.50 bits per heavy atom. The van der Waals surface area contributed by atoms with Gasteiger partial charge >= 0.3 is 5.97 Å². The minimum Gasteiger partial charge on any atom is -0.482 e. The monoisotopic (exact) mass is 484 g/mol. The first kappa shape index (κ1) is 25.7. The highest BCUT2D eigenvalue weighted by Crippen LogP contribution is 2.40. The average Bonchev–Trinajstić information content (AvgIpc) is 2.74. The van der Waals surface area contributed by atoms with Crippen molar-refractivity contribution in [2.24, 2.45) is 11.3 Å². The van der Waals surface area contributed by atoms with Crippen LogP contribution in [-0.4, -0.2) is 25.5 Å². The molecule has 0 fully saturated rings. The third kappa shape index (κ3) is 6.81. The molecular weight excluding hydrogens is 452 g/mol. The minimum atomic E-state index is -4.28. The van der Waals surface area contributed by atoms with Crippen molar-refractivity contribution < 1.29 is 27.2 Å². The van der Waals surface area contributed by atoms with Crippen molar-refractivity contribution in [3.63, 3.8) is 0 Å². The van der Waals surface area contributed by atoms with Gasteiger partial charge in [-0.1, -0.05) is 58.9 Å². The minimum absolute atomic E-state index is 0.143. The summed E-state index contributed by atoms with van der Waals surface area (Å²) in [5.41, 5.74) is 1.40. The summed E-state index contributed by atoms with van der Waals surface area (Å²) in [6.07, 6.45) is 1.10. The van der Waals surface area contributed by atoms with Crippen LogP contribution in [0.4, 0.5) is 0 Å². The quantitative estimate of drug-likeness (QED) is 0.231. The van der Waals surface area contributed by atoms with Crippen LogP contribution in [0.3, 0.4) is 0 Å². The zero-order valence-corrected chi connectivity index (χ0v) is 21.1. The maximum absolute atomic E-state index is 12.3. The average molecular weight is 485 g/mol. The lowest BCUT2D eigenvalue weighted by Crippen LogP contribution is -2.20. The van der Waals surface area contributed by atoms with Crippen LogP contribution >= 0.6 is 0 Å². The molecule has 0 spiro atoms. The fourth-order valence-electron chi connectivity index (χ4n) is 3.99. The first-order valence-electron chi connectivity index (χ1n) is 11.3. The SMILES string of the molecule is CC(C)CC(c1ccc(OCC(=O)Oc2ccc3cc(S(=O)(=O)O)ccc3c2)cc1)C(C)(C)C. The second kappa shape index (κ2) is 10.2. The summed E-state index contributed by atoms with van der Waals surface area (Å²) >= 11 is 0. The lowest BCUT2D eigenvalue weighted by molar-refractivity contribution is -0.136. The molecule has 0 aromatic heterocycles. The zero-order chi connectivity index (χ0) is 25.1. The summed E-state index contributed by atoms with van der Waals surface area (Å²) in [4.78, 5) is 12.1. The van der Waals surface area contributed by atoms with Crippen molar-refractivity contribution in [3.05, 3.63) is 66.2 Å². The van der Waals surface area contributed by atoms with Gasteiger partial charge in [0.25, 0.3) is 10.1 Å². The van der Waals surface area contributed by atoms with Crippen LogP contribution in [0.1, 0.15) is 52.5 Å². The van der Waals surface area contributed by atoms with Gasteiger partial charge in [0.05, 0.1) is 4.90 Å². The molecule has 0 amide bonds. The molecule has 1 N–H and O–H groups in total. The molecule has 0 aliphatic rings. The maximum atomic E-state index is 12.3. The Kier molecular flexibility index (Phi) is 7.68. The largest absolute Gasteiger partial charge is 0.482 e. The molecule has 3 rings (SSSR count). The fraction of sp³-hybridized carbons (Fsp3) is 0.370. The molecule has 3 aromatic rings. The Morgan fingerprint density at radius 3 is 2.09 bits per heavy atom. The van der Waals surface area contributed by atoms with Crippen LogP contribution in [0.25, 0.3) is 10.8 Å². The lowest BCUT2D eigenvalue weighted by atomic mass is 9.72. The van der Waals surface area contributed by atoms with Gasteiger partial charge in [0.2, 0.25) is 0 Å². The van der Waals surface area contributed by atoms with Gasteiger partial charge in [0, 0.05) is 0 Å². The molecule has 6 nitrogen and oxygen atoms in total. The van der Waals surface area contributed by atoms with Crippen molar-refractivity contribution in [2.45, 2.75) is 51.9 Å². The van der Waals surface area contributed by atoms with Crippen LogP contribution in [0.2, 0.25) is 0 Å². The molecule has 182 valence electrons. The Bertz CT molecular complexity index is 1250. The summed E-state index contributed by atoms with van der Waals surface area (Å²) in [7, 11) is -4.28. The molecule has 0 radical (unpaired) electrons. The van der Waals surface area contributed by atoms with E-state index in [-0.39, 0.29) is 16.9 Å². The Balaban J connectivity index is 1.62. The summed E-state index contributed by atoms with van der Waals surface area (Å²) in [6.45, 7) is 11.0. The van der Waals surface area contributed by atoms with E-state index in [0.29, 0.717) is 34.1 Å². The Hall–Kier alpha value is -2.90. The molecule has 0 heterocycles. The number of hydrogen-bond acceptors (Lipinski definition) is 5. The van der Waals surface area contributed by atoms with E-state index in [1.165, 1.54) is 23.8 Å². The van der Waals surface area contributed by atoms with Crippen LogP contribution < -0.4 is 9.47 Å². The number of rotatable bonds is 8. The van der Waals surface area contributed by atoms with Crippen LogP contribution in [0.15, 0.2) is 65.6 Å². The van der Waals surface area contributed by atoms with E-state index in [9.17, 15) is 17.8 Å². The lowest BCUT2D eigenvalue weighted by Gasteiger charge is -2.32. The van der Waals surface area contributed by atoms with E-state index in [1.54, 1.807) is 18.2 Å². The zero-order valence-electron chi connectivity index (χ0n) is 20.2. The Morgan fingerprint density at radius 1 is 0.912 bits per heavy atom. The number of benzene rings is 3. The number of carbonyl (C=O) groups is 1. The van der Waals surface area contributed by atoms with E-state index in [1.807, 2.05) is 12.1 Å². The maximum Gasteiger partial charge on any atom is 0.349 e. The smallest absolute Gasteiger partial charge is 0.349 e. The predicted molar refractivity (Wildman–Crippen MR) is 133 cm³/mol. The number of esters is 1. The van der Waals surface area contributed by atoms with E-state index >= 15 is 0 Å². The first-order valence-corrected chi connectivity index (χ1v) is 12.7. The molecule has 0 aliphatic carbocycles. The van der Waals surface area contributed by atoms with Crippen LogP contribution in [-0.2, 0) is 14.9 Å². The number of ether oxygens (including phenoxy) is 2. The van der Waals surface area contributed by atoms with Gasteiger partial charge < -0.3 is 9.47 Å². The van der Waals surface area contributed by atoms with Gasteiger partial charge in [0.15, 0.2) is 6.61 Å². The van der Waals surface area contributed by atoms with Crippen molar-refractivity contribution in [1.29, 1.82) is 0 Å². The van der Waals surface area contributed by atoms with Crippen molar-refractivity contribution in [2.75, 3.05) is 6.61 Å². The Labute approximate surface area is 201 Å². The highest BCUT2D eigenvalue weighted by Gasteiger charge is 2.26. The van der Waals surface area contributed by atoms with Gasteiger partial charge in [-0.2, -0.15) is 8.42 Å². The molecule has 34 heavy (non-hydrogen) atoms.